The number of nitrogens with one attached hydrogen (secondary N) is 2. The van der Waals surface area contributed by atoms with Gasteiger partial charge in [0.1, 0.15) is 11.6 Å². The minimum atomic E-state index is -0.451. The van der Waals surface area contributed by atoms with Crippen LogP contribution in [0.2, 0.25) is 5.02 Å². The average Bonchev–Trinajstić information content (AvgIpc) is 2.98. The molecule has 0 bridgehead atoms. The number of nitriles is 1. The number of H-pyrrole nitrogens is 1. The largest absolute Gasteiger partial charge is 0.361 e. The Kier molecular flexibility index (Phi) is 4.37. The van der Waals surface area contributed by atoms with Crippen LogP contribution in [0.5, 0.6) is 0 Å². The molecule has 0 spiro atoms. The van der Waals surface area contributed by atoms with Crippen LogP contribution in [0, 0.1) is 18.3 Å². The molecule has 0 atom stereocenters. The van der Waals surface area contributed by atoms with E-state index in [-0.39, 0.29) is 5.57 Å². The number of aromatic amines is 1. The fraction of sp³-hybridized carbons (Fsp3) is 0.0526. The molecule has 1 heterocycles. The minimum Gasteiger partial charge on any atom is -0.361 e. The van der Waals surface area contributed by atoms with Gasteiger partial charge in [-0.1, -0.05) is 29.8 Å². The van der Waals surface area contributed by atoms with Crippen LogP contribution in [-0.4, -0.2) is 10.9 Å². The lowest BCUT2D eigenvalue weighted by atomic mass is 10.1. The van der Waals surface area contributed by atoms with Crippen molar-refractivity contribution in [2.24, 2.45) is 0 Å². The van der Waals surface area contributed by atoms with Gasteiger partial charge in [0.15, 0.2) is 0 Å². The number of amides is 1. The van der Waals surface area contributed by atoms with Crippen LogP contribution in [0.4, 0.5) is 5.69 Å². The summed E-state index contributed by atoms with van der Waals surface area (Å²) in [6, 6.07) is 14.9. The second-order valence-corrected chi connectivity index (χ2v) is 5.81. The van der Waals surface area contributed by atoms with Crippen LogP contribution in [0.15, 0.2) is 54.2 Å². The van der Waals surface area contributed by atoms with Gasteiger partial charge in [-0.05, 0) is 42.8 Å². The number of carbonyl (C=O) groups is 1. The summed E-state index contributed by atoms with van der Waals surface area (Å²) in [5.41, 5.74) is 3.25. The zero-order valence-electron chi connectivity index (χ0n) is 12.9. The number of benzene rings is 2. The van der Waals surface area contributed by atoms with Crippen molar-refractivity contribution in [3.05, 3.63) is 70.4 Å². The summed E-state index contributed by atoms with van der Waals surface area (Å²) in [4.78, 5) is 15.5. The predicted molar refractivity (Wildman–Crippen MR) is 96.7 cm³/mol. The van der Waals surface area contributed by atoms with Gasteiger partial charge in [0, 0.05) is 33.4 Å². The molecule has 0 aliphatic heterocycles. The van der Waals surface area contributed by atoms with E-state index in [4.69, 9.17) is 11.6 Å². The summed E-state index contributed by atoms with van der Waals surface area (Å²) in [6.45, 7) is 1.84. The second kappa shape index (κ2) is 6.61. The molecule has 0 aliphatic rings. The number of hydrogen-bond donors (Lipinski definition) is 2. The molecule has 1 aromatic heterocycles. The molecule has 0 radical (unpaired) electrons. The molecule has 0 aliphatic carbocycles. The average molecular weight is 336 g/mol. The fourth-order valence-corrected chi connectivity index (χ4v) is 2.70. The number of carbonyl (C=O) groups excluding carboxylic acids is 1. The number of halogens is 1. The maximum atomic E-state index is 12.4. The molecule has 0 saturated heterocycles. The lowest BCUT2D eigenvalue weighted by Gasteiger charge is -2.08. The van der Waals surface area contributed by atoms with Crippen molar-refractivity contribution in [3.63, 3.8) is 0 Å². The van der Waals surface area contributed by atoms with Gasteiger partial charge in [-0.25, -0.2) is 0 Å². The molecule has 5 heteroatoms. The van der Waals surface area contributed by atoms with E-state index >= 15 is 0 Å². The Morgan fingerprint density at radius 3 is 2.83 bits per heavy atom. The van der Waals surface area contributed by atoms with E-state index in [1.54, 1.807) is 30.5 Å². The van der Waals surface area contributed by atoms with Gasteiger partial charge in [0.2, 0.25) is 0 Å². The quantitative estimate of drug-likeness (QED) is 0.539. The summed E-state index contributed by atoms with van der Waals surface area (Å²) in [5, 5.41) is 13.7. The van der Waals surface area contributed by atoms with Crippen molar-refractivity contribution in [1.82, 2.24) is 4.98 Å². The SMILES string of the molecule is Cc1cc(Cl)ccc1NC(=O)/C(C#N)=C/c1c[nH]c2ccccc12. The van der Waals surface area contributed by atoms with E-state index in [9.17, 15) is 10.1 Å². The number of nitrogens with zero attached hydrogens (tertiary/aromatic N) is 1. The normalized spacial score (nSPS) is 11.3. The number of aromatic nitrogens is 1. The minimum absolute atomic E-state index is 0.0362. The zero-order chi connectivity index (χ0) is 17.1. The van der Waals surface area contributed by atoms with Crippen molar-refractivity contribution in [2.45, 2.75) is 6.92 Å². The first-order valence-electron chi connectivity index (χ1n) is 7.34. The summed E-state index contributed by atoms with van der Waals surface area (Å²) in [6.07, 6.45) is 3.36. The number of anilines is 1. The highest BCUT2D eigenvalue weighted by molar-refractivity contribution is 6.30. The fourth-order valence-electron chi connectivity index (χ4n) is 2.47. The van der Waals surface area contributed by atoms with Gasteiger partial charge < -0.3 is 10.3 Å². The topological polar surface area (TPSA) is 68.7 Å². The van der Waals surface area contributed by atoms with Gasteiger partial charge in [-0.15, -0.1) is 0 Å². The summed E-state index contributed by atoms with van der Waals surface area (Å²) in [5.74, 6) is -0.451. The van der Waals surface area contributed by atoms with Gasteiger partial charge in [-0.3, -0.25) is 4.79 Å². The summed E-state index contributed by atoms with van der Waals surface area (Å²) in [7, 11) is 0. The standard InChI is InChI=1S/C19H14ClN3O/c1-12-8-15(20)6-7-17(12)23-19(24)13(10-21)9-14-11-22-18-5-3-2-4-16(14)18/h2-9,11,22H,1H3,(H,23,24)/b13-9+. The van der Waals surface area contributed by atoms with Crippen molar-refractivity contribution in [2.75, 3.05) is 5.32 Å². The molecular formula is C19H14ClN3O. The third-order valence-electron chi connectivity index (χ3n) is 3.72. The Morgan fingerprint density at radius 2 is 2.08 bits per heavy atom. The number of para-hydroxylation sites is 1. The molecule has 2 N–H and O–H groups in total. The van der Waals surface area contributed by atoms with Crippen LogP contribution < -0.4 is 5.32 Å². The van der Waals surface area contributed by atoms with E-state index < -0.39 is 5.91 Å². The third kappa shape index (κ3) is 3.17. The molecular weight excluding hydrogens is 322 g/mol. The predicted octanol–water partition coefficient (Wildman–Crippen LogP) is 4.68. The van der Waals surface area contributed by atoms with Crippen LogP contribution >= 0.6 is 11.6 Å². The number of aryl methyl sites for hydroxylation is 1. The van der Waals surface area contributed by atoms with Gasteiger partial charge in [0.05, 0.1) is 0 Å². The summed E-state index contributed by atoms with van der Waals surface area (Å²) >= 11 is 5.91. The van der Waals surface area contributed by atoms with Crippen LogP contribution in [-0.2, 0) is 4.79 Å². The molecule has 0 saturated carbocycles. The van der Waals surface area contributed by atoms with Crippen LogP contribution in [0.1, 0.15) is 11.1 Å². The van der Waals surface area contributed by atoms with Gasteiger partial charge in [0.25, 0.3) is 5.91 Å². The molecule has 4 nitrogen and oxygen atoms in total. The molecule has 0 unspecified atom stereocenters. The van der Waals surface area contributed by atoms with E-state index in [0.717, 1.165) is 22.0 Å². The molecule has 1 amide bonds. The highest BCUT2D eigenvalue weighted by Crippen LogP contribution is 2.22. The lowest BCUT2D eigenvalue weighted by Crippen LogP contribution is -2.14. The Bertz CT molecular complexity index is 995. The van der Waals surface area contributed by atoms with E-state index in [2.05, 4.69) is 10.3 Å². The Morgan fingerprint density at radius 1 is 1.29 bits per heavy atom. The Labute approximate surface area is 144 Å². The first-order valence-corrected chi connectivity index (χ1v) is 7.71. The molecule has 24 heavy (non-hydrogen) atoms. The number of hydrogen-bond acceptors (Lipinski definition) is 2. The second-order valence-electron chi connectivity index (χ2n) is 5.37. The van der Waals surface area contributed by atoms with Crippen LogP contribution in [0.3, 0.4) is 0 Å². The molecule has 2 aromatic carbocycles. The van der Waals surface area contributed by atoms with Crippen molar-refractivity contribution < 1.29 is 4.79 Å². The Hall–Kier alpha value is -3.03. The molecule has 118 valence electrons. The van der Waals surface area contributed by atoms with Crippen molar-refractivity contribution in [1.29, 1.82) is 5.26 Å². The number of fused-ring (bicyclic) bond motifs is 1. The maximum Gasteiger partial charge on any atom is 0.266 e. The van der Waals surface area contributed by atoms with Crippen molar-refractivity contribution in [3.8, 4) is 6.07 Å². The molecule has 0 fully saturated rings. The van der Waals surface area contributed by atoms with Gasteiger partial charge in [-0.2, -0.15) is 5.26 Å². The lowest BCUT2D eigenvalue weighted by molar-refractivity contribution is -0.112. The van der Waals surface area contributed by atoms with Crippen molar-refractivity contribution >= 4 is 40.2 Å². The highest BCUT2D eigenvalue weighted by atomic mass is 35.5. The first-order chi connectivity index (χ1) is 11.6. The molecule has 3 aromatic rings. The maximum absolute atomic E-state index is 12.4. The monoisotopic (exact) mass is 335 g/mol. The highest BCUT2D eigenvalue weighted by Gasteiger charge is 2.12. The zero-order valence-corrected chi connectivity index (χ0v) is 13.7. The van der Waals surface area contributed by atoms with Crippen LogP contribution in [0.25, 0.3) is 17.0 Å². The van der Waals surface area contributed by atoms with E-state index in [1.807, 2.05) is 37.3 Å². The van der Waals surface area contributed by atoms with Gasteiger partial charge >= 0.3 is 0 Å². The summed E-state index contributed by atoms with van der Waals surface area (Å²) < 4.78 is 0. The first kappa shape index (κ1) is 15.9. The number of rotatable bonds is 3. The third-order valence-corrected chi connectivity index (χ3v) is 3.96. The molecule has 3 rings (SSSR count). The van der Waals surface area contributed by atoms with E-state index in [1.165, 1.54) is 0 Å². The Balaban J connectivity index is 1.90. The van der Waals surface area contributed by atoms with E-state index in [0.29, 0.717) is 10.7 Å². The smallest absolute Gasteiger partial charge is 0.266 e.